The van der Waals surface area contributed by atoms with E-state index in [1.165, 1.54) is 6.33 Å². The Bertz CT molecular complexity index is 340. The molecule has 3 N–H and O–H groups in total. The Morgan fingerprint density at radius 2 is 2.07 bits per heavy atom. The van der Waals surface area contributed by atoms with E-state index in [1.54, 1.807) is 6.20 Å². The van der Waals surface area contributed by atoms with Gasteiger partial charge in [0, 0.05) is 12.2 Å². The van der Waals surface area contributed by atoms with E-state index < -0.39 is 0 Å². The highest BCUT2D eigenvalue weighted by Crippen LogP contribution is 2.14. The normalized spacial score (nSPS) is 15.1. The molecule has 0 saturated carbocycles. The number of aromatic amines is 2. The van der Waals surface area contributed by atoms with Gasteiger partial charge in [0.2, 0.25) is 0 Å². The fourth-order valence-corrected chi connectivity index (χ4v) is 1.48. The average molecular weight is 206 g/mol. The molecule has 2 heterocycles. The Balaban J connectivity index is 1.98. The summed E-state index contributed by atoms with van der Waals surface area (Å²) in [6.45, 7) is 4.10. The van der Waals surface area contributed by atoms with E-state index in [-0.39, 0.29) is 12.1 Å². The highest BCUT2D eigenvalue weighted by Gasteiger charge is 2.13. The molecule has 6 heteroatoms. The van der Waals surface area contributed by atoms with Gasteiger partial charge in [-0.15, -0.1) is 0 Å². The maximum Gasteiger partial charge on any atom is 0.141 e. The zero-order valence-corrected chi connectivity index (χ0v) is 8.73. The van der Waals surface area contributed by atoms with Crippen LogP contribution >= 0.6 is 0 Å². The van der Waals surface area contributed by atoms with Crippen LogP contribution < -0.4 is 5.32 Å². The van der Waals surface area contributed by atoms with Gasteiger partial charge in [0.05, 0.1) is 11.7 Å². The molecular weight excluding hydrogens is 192 g/mol. The molecule has 80 valence electrons. The van der Waals surface area contributed by atoms with Gasteiger partial charge in [0.25, 0.3) is 0 Å². The molecule has 0 radical (unpaired) electrons. The van der Waals surface area contributed by atoms with Crippen LogP contribution in [0.25, 0.3) is 0 Å². The molecule has 0 bridgehead atoms. The first kappa shape index (κ1) is 9.85. The molecule has 2 rings (SSSR count). The molecule has 2 aromatic heterocycles. The smallest absolute Gasteiger partial charge is 0.141 e. The average Bonchev–Trinajstić information content (AvgIpc) is 2.91. The van der Waals surface area contributed by atoms with Gasteiger partial charge in [0.1, 0.15) is 12.2 Å². The van der Waals surface area contributed by atoms with Crippen molar-refractivity contribution in [2.45, 2.75) is 25.9 Å². The lowest BCUT2D eigenvalue weighted by Gasteiger charge is -2.16. The van der Waals surface area contributed by atoms with Crippen molar-refractivity contribution in [2.24, 2.45) is 0 Å². The van der Waals surface area contributed by atoms with E-state index in [4.69, 9.17) is 0 Å². The van der Waals surface area contributed by atoms with Gasteiger partial charge in [-0.05, 0) is 19.9 Å². The van der Waals surface area contributed by atoms with E-state index in [0.717, 1.165) is 11.5 Å². The number of nitrogens with one attached hydrogen (secondary N) is 3. The van der Waals surface area contributed by atoms with Crippen LogP contribution in [0.2, 0.25) is 0 Å². The summed E-state index contributed by atoms with van der Waals surface area (Å²) in [7, 11) is 0. The topological polar surface area (TPSA) is 82.3 Å². The Morgan fingerprint density at radius 1 is 1.20 bits per heavy atom. The molecule has 0 fully saturated rings. The van der Waals surface area contributed by atoms with Crippen LogP contribution in [-0.2, 0) is 0 Å². The highest BCUT2D eigenvalue weighted by molar-refractivity contribution is 5.04. The van der Waals surface area contributed by atoms with E-state index in [2.05, 4.69) is 37.6 Å². The Morgan fingerprint density at radius 3 is 2.67 bits per heavy atom. The number of H-pyrrole nitrogens is 2. The first-order valence-corrected chi connectivity index (χ1v) is 4.88. The third-order valence-electron chi connectivity index (χ3n) is 2.33. The summed E-state index contributed by atoms with van der Waals surface area (Å²) < 4.78 is 0. The molecule has 2 unspecified atom stereocenters. The number of rotatable bonds is 4. The fourth-order valence-electron chi connectivity index (χ4n) is 1.48. The van der Waals surface area contributed by atoms with Crippen LogP contribution in [0.15, 0.2) is 18.6 Å². The summed E-state index contributed by atoms with van der Waals surface area (Å²) in [5.74, 6) is 0.835. The van der Waals surface area contributed by atoms with Crippen molar-refractivity contribution >= 4 is 0 Å². The quantitative estimate of drug-likeness (QED) is 0.695. The summed E-state index contributed by atoms with van der Waals surface area (Å²) in [4.78, 5) is 4.10. The molecule has 2 aromatic rings. The second-order valence-electron chi connectivity index (χ2n) is 3.49. The second-order valence-corrected chi connectivity index (χ2v) is 3.49. The van der Waals surface area contributed by atoms with Crippen LogP contribution in [-0.4, -0.2) is 25.4 Å². The lowest BCUT2D eigenvalue weighted by atomic mass is 10.2. The number of aromatic nitrogens is 5. The van der Waals surface area contributed by atoms with Crippen LogP contribution in [0.5, 0.6) is 0 Å². The summed E-state index contributed by atoms with van der Waals surface area (Å²) in [5, 5.41) is 16.9. The zero-order valence-electron chi connectivity index (χ0n) is 8.73. The van der Waals surface area contributed by atoms with Crippen LogP contribution in [0.1, 0.15) is 37.4 Å². The lowest BCUT2D eigenvalue weighted by molar-refractivity contribution is 0.470. The fraction of sp³-hybridized carbons (Fsp3) is 0.444. The SMILES string of the molecule is CC(NC(C)c1ncn[nH]1)c1ccn[nH]1. The van der Waals surface area contributed by atoms with Crippen molar-refractivity contribution in [1.29, 1.82) is 0 Å². The highest BCUT2D eigenvalue weighted by atomic mass is 15.2. The van der Waals surface area contributed by atoms with Gasteiger partial charge in [-0.2, -0.15) is 10.2 Å². The Hall–Kier alpha value is -1.69. The minimum absolute atomic E-state index is 0.130. The number of hydrogen-bond acceptors (Lipinski definition) is 4. The third-order valence-corrected chi connectivity index (χ3v) is 2.33. The first-order valence-electron chi connectivity index (χ1n) is 4.88. The molecule has 2 atom stereocenters. The lowest BCUT2D eigenvalue weighted by Crippen LogP contribution is -2.23. The van der Waals surface area contributed by atoms with Crippen LogP contribution in [0, 0.1) is 0 Å². The third kappa shape index (κ3) is 2.21. The first-order chi connectivity index (χ1) is 7.27. The molecule has 0 aliphatic heterocycles. The zero-order chi connectivity index (χ0) is 10.7. The van der Waals surface area contributed by atoms with Crippen molar-refractivity contribution in [2.75, 3.05) is 0 Å². The molecule has 0 spiro atoms. The molecule has 0 aromatic carbocycles. The van der Waals surface area contributed by atoms with Gasteiger partial charge >= 0.3 is 0 Å². The largest absolute Gasteiger partial charge is 0.299 e. The molecule has 0 aliphatic rings. The monoisotopic (exact) mass is 206 g/mol. The van der Waals surface area contributed by atoms with Crippen molar-refractivity contribution in [3.63, 3.8) is 0 Å². The van der Waals surface area contributed by atoms with Gasteiger partial charge in [-0.1, -0.05) is 0 Å². The standard InChI is InChI=1S/C9H14N6/c1-6(8-3-4-11-14-8)13-7(2)9-10-5-12-15-9/h3-7,13H,1-2H3,(H,11,14)(H,10,12,15). The van der Waals surface area contributed by atoms with Gasteiger partial charge in [-0.25, -0.2) is 4.98 Å². The van der Waals surface area contributed by atoms with E-state index in [9.17, 15) is 0 Å². The van der Waals surface area contributed by atoms with Gasteiger partial charge in [0.15, 0.2) is 0 Å². The molecule has 0 saturated heterocycles. The molecule has 15 heavy (non-hydrogen) atoms. The molecule has 0 aliphatic carbocycles. The van der Waals surface area contributed by atoms with Gasteiger partial charge in [-0.3, -0.25) is 15.5 Å². The van der Waals surface area contributed by atoms with Crippen LogP contribution in [0.3, 0.4) is 0 Å². The van der Waals surface area contributed by atoms with Crippen molar-refractivity contribution < 1.29 is 0 Å². The summed E-state index contributed by atoms with van der Waals surface area (Å²) in [5.41, 5.74) is 1.06. The van der Waals surface area contributed by atoms with Gasteiger partial charge < -0.3 is 0 Å². The number of nitrogens with zero attached hydrogens (tertiary/aromatic N) is 3. The minimum atomic E-state index is 0.130. The van der Waals surface area contributed by atoms with E-state index in [1.807, 2.05) is 13.0 Å². The Labute approximate surface area is 87.5 Å². The summed E-state index contributed by atoms with van der Waals surface area (Å²) >= 11 is 0. The summed E-state index contributed by atoms with van der Waals surface area (Å²) in [6, 6.07) is 2.28. The van der Waals surface area contributed by atoms with E-state index >= 15 is 0 Å². The Kier molecular flexibility index (Phi) is 2.77. The number of hydrogen-bond donors (Lipinski definition) is 3. The van der Waals surface area contributed by atoms with Crippen molar-refractivity contribution in [3.05, 3.63) is 30.1 Å². The van der Waals surface area contributed by atoms with E-state index in [0.29, 0.717) is 0 Å². The predicted molar refractivity (Wildman–Crippen MR) is 54.9 cm³/mol. The van der Waals surface area contributed by atoms with Crippen molar-refractivity contribution in [1.82, 2.24) is 30.7 Å². The molecule has 6 nitrogen and oxygen atoms in total. The predicted octanol–water partition coefficient (Wildman–Crippen LogP) is 0.940. The summed E-state index contributed by atoms with van der Waals surface area (Å²) in [6.07, 6.45) is 3.25. The second kappa shape index (κ2) is 4.22. The van der Waals surface area contributed by atoms with Crippen molar-refractivity contribution in [3.8, 4) is 0 Å². The maximum atomic E-state index is 4.10. The van der Waals surface area contributed by atoms with Crippen LogP contribution in [0.4, 0.5) is 0 Å². The molecular formula is C9H14N6. The minimum Gasteiger partial charge on any atom is -0.299 e. The molecule has 0 amide bonds. The maximum absolute atomic E-state index is 4.10.